The summed E-state index contributed by atoms with van der Waals surface area (Å²) in [6.07, 6.45) is 5.70. The van der Waals surface area contributed by atoms with Crippen molar-refractivity contribution in [3.63, 3.8) is 0 Å². The number of nitrogens with zero attached hydrogens (tertiary/aromatic N) is 2. The van der Waals surface area contributed by atoms with Crippen LogP contribution in [0.4, 0.5) is 5.69 Å². The van der Waals surface area contributed by atoms with Crippen LogP contribution in [0.2, 0.25) is 25.1 Å². The highest BCUT2D eigenvalue weighted by Crippen LogP contribution is 2.31. The molecule has 0 fully saturated rings. The molecule has 5 nitrogen and oxygen atoms in total. The molecule has 1 unspecified atom stereocenters. The van der Waals surface area contributed by atoms with E-state index in [9.17, 15) is 4.79 Å². The van der Waals surface area contributed by atoms with Crippen molar-refractivity contribution >= 4 is 69.6 Å². The maximum absolute atomic E-state index is 12.5. The second-order valence-corrected chi connectivity index (χ2v) is 10.9. The van der Waals surface area contributed by atoms with Crippen molar-refractivity contribution in [1.82, 2.24) is 4.57 Å². The maximum Gasteiger partial charge on any atom is 0.243 e. The number of nitrogens with one attached hydrogen (secondary N) is 1. The van der Waals surface area contributed by atoms with E-state index in [1.54, 1.807) is 36.4 Å². The summed E-state index contributed by atoms with van der Waals surface area (Å²) in [5.41, 5.74) is 3.29. The third kappa shape index (κ3) is 9.02. The first-order valence-corrected chi connectivity index (χ1v) is 13.7. The van der Waals surface area contributed by atoms with Gasteiger partial charge in [-0.15, -0.1) is 0 Å². The first-order valence-electron chi connectivity index (χ1n) is 11.8. The smallest absolute Gasteiger partial charge is 0.243 e. The van der Waals surface area contributed by atoms with E-state index in [1.165, 1.54) is 0 Å². The predicted molar refractivity (Wildman–Crippen MR) is 155 cm³/mol. The van der Waals surface area contributed by atoms with E-state index in [2.05, 4.69) is 5.32 Å². The van der Waals surface area contributed by atoms with Gasteiger partial charge in [0.15, 0.2) is 0 Å². The molecule has 39 heavy (non-hydrogen) atoms. The summed E-state index contributed by atoms with van der Waals surface area (Å²) in [5, 5.41) is 5.72. The summed E-state index contributed by atoms with van der Waals surface area (Å²) in [4.78, 5) is 12.5. The molecule has 0 saturated heterocycles. The minimum absolute atomic E-state index is 0. The van der Waals surface area contributed by atoms with Crippen molar-refractivity contribution in [1.29, 1.82) is 0 Å². The highest BCUT2D eigenvalue weighted by molar-refractivity contribution is 6.35. The summed E-state index contributed by atoms with van der Waals surface area (Å²) in [6.45, 7) is 3.17. The molecule has 206 valence electrons. The minimum atomic E-state index is -0.386. The molecule has 0 spiro atoms. The molecule has 3 aromatic carbocycles. The van der Waals surface area contributed by atoms with Gasteiger partial charge in [-0.3, -0.25) is 4.79 Å². The lowest BCUT2D eigenvalue weighted by Gasteiger charge is -2.19. The average molecular weight is 648 g/mol. The van der Waals surface area contributed by atoms with Gasteiger partial charge >= 0.3 is 0 Å². The number of hydrogen-bond acceptors (Lipinski definition) is 2. The monoisotopic (exact) mass is 645 g/mol. The van der Waals surface area contributed by atoms with Crippen LogP contribution in [-0.4, -0.2) is 10.5 Å². The molecule has 1 N–H and O–H groups in total. The Kier molecular flexibility index (Phi) is 11.8. The van der Waals surface area contributed by atoms with Crippen molar-refractivity contribution in [2.24, 2.45) is 0 Å². The molecule has 4 rings (SSSR count). The molecule has 11 heteroatoms. The van der Waals surface area contributed by atoms with Gasteiger partial charge in [0.25, 0.3) is 0 Å². The van der Waals surface area contributed by atoms with Crippen molar-refractivity contribution in [3.8, 4) is 0 Å². The van der Waals surface area contributed by atoms with Crippen molar-refractivity contribution in [2.75, 3.05) is 5.32 Å². The number of aromatic nitrogens is 2. The zero-order chi connectivity index (χ0) is 27.2. The van der Waals surface area contributed by atoms with Crippen molar-refractivity contribution < 1.29 is 26.5 Å². The van der Waals surface area contributed by atoms with Gasteiger partial charge in [0.2, 0.25) is 12.2 Å². The number of benzene rings is 3. The molecule has 1 heterocycles. The fraction of sp³-hybridized carbons (Fsp3) is 0.214. The molecule has 0 radical (unpaired) electrons. The lowest BCUT2D eigenvalue weighted by molar-refractivity contribution is -0.704. The van der Waals surface area contributed by atoms with Gasteiger partial charge in [-0.05, 0) is 60.5 Å². The number of aryl methyl sites for hydroxylation is 2. The van der Waals surface area contributed by atoms with Gasteiger partial charge in [0.1, 0.15) is 25.0 Å². The second-order valence-electron chi connectivity index (χ2n) is 8.81. The molecular formula is C28H25Cl6N3O2. The normalized spacial score (nSPS) is 11.6. The van der Waals surface area contributed by atoms with Gasteiger partial charge in [-0.2, -0.15) is 0 Å². The number of ether oxygens (including phenoxy) is 1. The van der Waals surface area contributed by atoms with E-state index in [-0.39, 0.29) is 31.0 Å². The average Bonchev–Trinajstić information content (AvgIpc) is 3.31. The van der Waals surface area contributed by atoms with Crippen LogP contribution in [0.5, 0.6) is 0 Å². The summed E-state index contributed by atoms with van der Waals surface area (Å²) in [6, 6.07) is 16.0. The Hall–Kier alpha value is -1.96. The number of halogens is 6. The number of carbonyl (C=O) groups excluding carboxylic acids is 1. The van der Waals surface area contributed by atoms with Crippen LogP contribution in [0.15, 0.2) is 73.3 Å². The van der Waals surface area contributed by atoms with Crippen LogP contribution in [0.25, 0.3) is 0 Å². The Balaban J connectivity index is 0.00000420. The maximum atomic E-state index is 12.5. The van der Waals surface area contributed by atoms with Crippen molar-refractivity contribution in [2.45, 2.75) is 39.1 Å². The summed E-state index contributed by atoms with van der Waals surface area (Å²) >= 11 is 31.0. The Morgan fingerprint density at radius 1 is 0.949 bits per heavy atom. The minimum Gasteiger partial charge on any atom is -1.00 e. The SMILES string of the molecule is Cc1cc(Cl)ccc1NC(=O)CCn1cc[n+](CC(OCc2ccc(Cl)cc2Cl)c2ccc(Cl)cc2Cl)c1.[Cl-]. The van der Waals surface area contributed by atoms with Crippen LogP contribution in [0, 0.1) is 6.92 Å². The third-order valence-corrected chi connectivity index (χ3v) is 7.33. The number of amides is 1. The molecule has 0 aliphatic carbocycles. The highest BCUT2D eigenvalue weighted by Gasteiger charge is 2.21. The number of hydrogen-bond donors (Lipinski definition) is 1. The number of rotatable bonds is 10. The Labute approximate surface area is 259 Å². The lowest BCUT2D eigenvalue weighted by atomic mass is 10.1. The van der Waals surface area contributed by atoms with E-state index >= 15 is 0 Å². The molecule has 0 saturated carbocycles. The molecular weight excluding hydrogens is 623 g/mol. The summed E-state index contributed by atoms with van der Waals surface area (Å²) in [7, 11) is 0. The molecule has 0 bridgehead atoms. The summed E-state index contributed by atoms with van der Waals surface area (Å²) < 4.78 is 10.2. The first kappa shape index (κ1) is 31.6. The topological polar surface area (TPSA) is 47.1 Å². The molecule has 1 amide bonds. The largest absolute Gasteiger partial charge is 1.00 e. The first-order chi connectivity index (χ1) is 18.2. The van der Waals surface area contributed by atoms with Gasteiger partial charge in [-0.25, -0.2) is 9.13 Å². The standard InChI is InChI=1S/C28H24Cl5N3O2.ClH/c1-18-12-20(29)5-7-26(18)34-28(37)8-9-35-10-11-36(17-35)15-27(23-6-4-22(31)14-25(23)33)38-16-19-2-3-21(30)13-24(19)32;/h2-7,10-14,17,27H,8-9,15-16H2,1H3;1H. The van der Waals surface area contributed by atoms with Gasteiger partial charge in [0, 0.05) is 36.4 Å². The molecule has 1 aromatic heterocycles. The predicted octanol–water partition coefficient (Wildman–Crippen LogP) is 5.34. The van der Waals surface area contributed by atoms with Gasteiger partial charge in [-0.1, -0.05) is 70.1 Å². The molecule has 4 aromatic rings. The second kappa shape index (κ2) is 14.6. The summed E-state index contributed by atoms with van der Waals surface area (Å²) in [5.74, 6) is -0.0790. The van der Waals surface area contributed by atoms with Crippen LogP contribution < -0.4 is 22.3 Å². The van der Waals surface area contributed by atoms with Crippen LogP contribution >= 0.6 is 58.0 Å². The fourth-order valence-corrected chi connectivity index (χ4v) is 5.13. The van der Waals surface area contributed by atoms with Crippen LogP contribution in [0.1, 0.15) is 29.2 Å². The number of carbonyl (C=O) groups is 1. The Morgan fingerprint density at radius 3 is 2.31 bits per heavy atom. The zero-order valence-corrected chi connectivity index (χ0v) is 25.3. The highest BCUT2D eigenvalue weighted by atomic mass is 35.5. The zero-order valence-electron chi connectivity index (χ0n) is 20.8. The fourth-order valence-electron chi connectivity index (χ4n) is 3.91. The lowest BCUT2D eigenvalue weighted by Crippen LogP contribution is -3.00. The Morgan fingerprint density at radius 2 is 1.62 bits per heavy atom. The van der Waals surface area contributed by atoms with Crippen molar-refractivity contribution in [3.05, 3.63) is 115 Å². The Bertz CT molecular complexity index is 1440. The van der Waals surface area contributed by atoms with E-state index in [1.807, 2.05) is 53.0 Å². The van der Waals surface area contributed by atoms with Gasteiger partial charge < -0.3 is 22.5 Å². The van der Waals surface area contributed by atoms with E-state index in [4.69, 9.17) is 62.7 Å². The quantitative estimate of drug-likeness (QED) is 0.236. The molecule has 0 aliphatic rings. The third-order valence-electron chi connectivity index (χ3n) is 5.95. The van der Waals surface area contributed by atoms with E-state index in [0.717, 1.165) is 22.4 Å². The van der Waals surface area contributed by atoms with Gasteiger partial charge in [0.05, 0.1) is 19.6 Å². The van der Waals surface area contributed by atoms with E-state index < -0.39 is 0 Å². The number of anilines is 1. The molecule has 0 aliphatic heterocycles. The number of imidazole rings is 1. The molecule has 1 atom stereocenters. The van der Waals surface area contributed by atoms with Crippen LogP contribution in [0.3, 0.4) is 0 Å². The van der Waals surface area contributed by atoms with Crippen LogP contribution in [-0.2, 0) is 29.2 Å². The van der Waals surface area contributed by atoms with E-state index in [0.29, 0.717) is 44.6 Å².